The van der Waals surface area contributed by atoms with Crippen molar-refractivity contribution >= 4 is 17.9 Å². The molecule has 0 spiro atoms. The van der Waals surface area contributed by atoms with Gasteiger partial charge in [0.25, 0.3) is 5.91 Å². The normalized spacial score (nSPS) is 11.5. The number of urea groups is 1. The van der Waals surface area contributed by atoms with Crippen LogP contribution >= 0.6 is 0 Å². The maximum absolute atomic E-state index is 12.3. The number of nitrogens with two attached hydrogens (primary N) is 1. The van der Waals surface area contributed by atoms with Crippen molar-refractivity contribution in [3.8, 4) is 5.75 Å². The molecule has 9 nitrogen and oxygen atoms in total. The van der Waals surface area contributed by atoms with Gasteiger partial charge in [0, 0.05) is 0 Å². The van der Waals surface area contributed by atoms with Crippen LogP contribution in [0, 0.1) is 13.8 Å². The highest BCUT2D eigenvalue weighted by atomic mass is 16.5. The fourth-order valence-electron chi connectivity index (χ4n) is 2.12. The predicted octanol–water partition coefficient (Wildman–Crippen LogP) is 1.61. The van der Waals surface area contributed by atoms with E-state index in [1.54, 1.807) is 32.0 Å². The van der Waals surface area contributed by atoms with Gasteiger partial charge < -0.3 is 19.7 Å². The Kier molecular flexibility index (Phi) is 5.94. The minimum atomic E-state index is -1.20. The van der Waals surface area contributed by atoms with Crippen molar-refractivity contribution in [2.45, 2.75) is 33.5 Å². The SMILES string of the molecule is Cc1noc(C)c1COc1ccccc1C(=O)O[C@H](C)C(=O)NC(N)=O. The lowest BCUT2D eigenvalue weighted by Crippen LogP contribution is -2.42. The molecule has 1 aromatic heterocycles. The number of rotatable bonds is 6. The minimum absolute atomic E-state index is 0.137. The van der Waals surface area contributed by atoms with Gasteiger partial charge in [0.2, 0.25) is 0 Å². The van der Waals surface area contributed by atoms with Crippen molar-refractivity contribution in [3.63, 3.8) is 0 Å². The van der Waals surface area contributed by atoms with E-state index in [1.165, 1.54) is 13.0 Å². The Morgan fingerprint density at radius 2 is 1.96 bits per heavy atom. The third kappa shape index (κ3) is 4.59. The standard InChI is InChI=1S/C17H19N3O6/c1-9-13(10(2)26-20-9)8-24-14-7-5-4-6-12(14)16(22)25-11(3)15(21)19-17(18)23/h4-7,11H,8H2,1-3H3,(H3,18,19,21,23)/t11-/m1/s1. The molecular formula is C17H19N3O6. The van der Waals surface area contributed by atoms with E-state index in [0.717, 1.165) is 5.56 Å². The molecule has 0 bridgehead atoms. The van der Waals surface area contributed by atoms with Gasteiger partial charge in [-0.15, -0.1) is 0 Å². The zero-order chi connectivity index (χ0) is 19.3. The molecule has 0 aliphatic carbocycles. The van der Waals surface area contributed by atoms with Crippen LogP contribution in [0.25, 0.3) is 0 Å². The highest BCUT2D eigenvalue weighted by molar-refractivity contribution is 5.98. The lowest BCUT2D eigenvalue weighted by Gasteiger charge is -2.14. The van der Waals surface area contributed by atoms with Crippen LogP contribution in [0.2, 0.25) is 0 Å². The first kappa shape index (κ1) is 19.0. The molecule has 0 saturated carbocycles. The summed E-state index contributed by atoms with van der Waals surface area (Å²) in [6, 6.07) is 5.41. The third-order valence-electron chi connectivity index (χ3n) is 3.56. The predicted molar refractivity (Wildman–Crippen MR) is 89.4 cm³/mol. The average molecular weight is 361 g/mol. The van der Waals surface area contributed by atoms with Crippen LogP contribution in [0.1, 0.15) is 34.3 Å². The lowest BCUT2D eigenvalue weighted by atomic mass is 10.2. The highest BCUT2D eigenvalue weighted by Crippen LogP contribution is 2.22. The molecule has 0 aliphatic rings. The number of esters is 1. The van der Waals surface area contributed by atoms with Crippen molar-refractivity contribution in [1.29, 1.82) is 0 Å². The van der Waals surface area contributed by atoms with Gasteiger partial charge in [0.1, 0.15) is 23.7 Å². The highest BCUT2D eigenvalue weighted by Gasteiger charge is 2.22. The van der Waals surface area contributed by atoms with E-state index < -0.39 is 24.0 Å². The summed E-state index contributed by atoms with van der Waals surface area (Å²) in [5.41, 5.74) is 6.47. The monoisotopic (exact) mass is 361 g/mol. The summed E-state index contributed by atoms with van der Waals surface area (Å²) in [6.45, 7) is 5.03. The molecule has 138 valence electrons. The van der Waals surface area contributed by atoms with Crippen LogP contribution in [-0.2, 0) is 16.1 Å². The summed E-state index contributed by atoms with van der Waals surface area (Å²) < 4.78 is 15.8. The van der Waals surface area contributed by atoms with Crippen molar-refractivity contribution in [2.75, 3.05) is 0 Å². The Balaban J connectivity index is 2.09. The molecule has 0 saturated heterocycles. The van der Waals surface area contributed by atoms with E-state index in [0.29, 0.717) is 11.5 Å². The summed E-state index contributed by atoms with van der Waals surface area (Å²) in [6.07, 6.45) is -1.20. The van der Waals surface area contributed by atoms with Gasteiger partial charge in [-0.1, -0.05) is 17.3 Å². The number of primary amides is 1. The number of carbonyl (C=O) groups excluding carboxylic acids is 3. The second-order valence-corrected chi connectivity index (χ2v) is 5.49. The van der Waals surface area contributed by atoms with Gasteiger partial charge in [0.15, 0.2) is 6.10 Å². The summed E-state index contributed by atoms with van der Waals surface area (Å²) in [7, 11) is 0. The van der Waals surface area contributed by atoms with Gasteiger partial charge in [-0.3, -0.25) is 10.1 Å². The molecule has 0 unspecified atom stereocenters. The molecule has 1 aromatic carbocycles. The van der Waals surface area contributed by atoms with Gasteiger partial charge in [-0.05, 0) is 32.9 Å². The Morgan fingerprint density at radius 1 is 1.27 bits per heavy atom. The van der Waals surface area contributed by atoms with Crippen LogP contribution < -0.4 is 15.8 Å². The molecule has 2 aromatic rings. The number of aromatic nitrogens is 1. The van der Waals surface area contributed by atoms with Gasteiger partial charge in [-0.2, -0.15) is 0 Å². The van der Waals surface area contributed by atoms with Crippen LogP contribution in [0.15, 0.2) is 28.8 Å². The van der Waals surface area contributed by atoms with Crippen LogP contribution in [-0.4, -0.2) is 29.2 Å². The van der Waals surface area contributed by atoms with Crippen molar-refractivity contribution in [3.05, 3.63) is 46.8 Å². The Morgan fingerprint density at radius 3 is 2.58 bits per heavy atom. The quantitative estimate of drug-likeness (QED) is 0.746. The third-order valence-corrected chi connectivity index (χ3v) is 3.56. The maximum Gasteiger partial charge on any atom is 0.342 e. The number of ether oxygens (including phenoxy) is 2. The van der Waals surface area contributed by atoms with E-state index >= 15 is 0 Å². The molecule has 3 N–H and O–H groups in total. The van der Waals surface area contributed by atoms with Crippen molar-refractivity contribution in [2.24, 2.45) is 5.73 Å². The van der Waals surface area contributed by atoms with Crippen LogP contribution in [0.5, 0.6) is 5.75 Å². The van der Waals surface area contributed by atoms with E-state index in [-0.39, 0.29) is 17.9 Å². The molecule has 0 radical (unpaired) electrons. The summed E-state index contributed by atoms with van der Waals surface area (Å²) in [5.74, 6) is -0.689. The molecular weight excluding hydrogens is 342 g/mol. The van der Waals surface area contributed by atoms with Crippen molar-refractivity contribution < 1.29 is 28.4 Å². The van der Waals surface area contributed by atoms with Gasteiger partial charge >= 0.3 is 12.0 Å². The molecule has 26 heavy (non-hydrogen) atoms. The van der Waals surface area contributed by atoms with E-state index in [1.807, 2.05) is 5.32 Å². The largest absolute Gasteiger partial charge is 0.488 e. The first-order valence-corrected chi connectivity index (χ1v) is 7.74. The number of carbonyl (C=O) groups is 3. The molecule has 0 fully saturated rings. The molecule has 1 heterocycles. The molecule has 1 atom stereocenters. The number of hydrogen-bond acceptors (Lipinski definition) is 7. The average Bonchev–Trinajstić information content (AvgIpc) is 2.90. The summed E-state index contributed by atoms with van der Waals surface area (Å²) >= 11 is 0. The Bertz CT molecular complexity index is 810. The zero-order valence-corrected chi connectivity index (χ0v) is 14.6. The maximum atomic E-state index is 12.3. The van der Waals surface area contributed by atoms with Crippen LogP contribution in [0.4, 0.5) is 4.79 Å². The zero-order valence-electron chi connectivity index (χ0n) is 14.6. The number of nitrogens with one attached hydrogen (secondary N) is 1. The Hall–Kier alpha value is -3.36. The fourth-order valence-corrected chi connectivity index (χ4v) is 2.12. The Labute approximate surface area is 149 Å². The summed E-state index contributed by atoms with van der Waals surface area (Å²) in [5, 5.41) is 5.68. The van der Waals surface area contributed by atoms with Crippen LogP contribution in [0.3, 0.4) is 0 Å². The fraction of sp³-hybridized carbons (Fsp3) is 0.294. The first-order valence-electron chi connectivity index (χ1n) is 7.74. The first-order chi connectivity index (χ1) is 12.3. The lowest BCUT2D eigenvalue weighted by molar-refractivity contribution is -0.127. The molecule has 0 aliphatic heterocycles. The number of amides is 3. The van der Waals surface area contributed by atoms with E-state index in [9.17, 15) is 14.4 Å². The molecule has 9 heteroatoms. The number of hydrogen-bond donors (Lipinski definition) is 2. The number of para-hydroxylation sites is 1. The van der Waals surface area contributed by atoms with E-state index in [2.05, 4.69) is 5.16 Å². The summed E-state index contributed by atoms with van der Waals surface area (Å²) in [4.78, 5) is 34.6. The second-order valence-electron chi connectivity index (χ2n) is 5.49. The number of nitrogens with zero attached hydrogens (tertiary/aromatic N) is 1. The molecule has 3 amide bonds. The molecule has 2 rings (SSSR count). The van der Waals surface area contributed by atoms with E-state index in [4.69, 9.17) is 19.7 Å². The van der Waals surface area contributed by atoms with Gasteiger partial charge in [0.05, 0.1) is 11.3 Å². The van der Waals surface area contributed by atoms with Crippen molar-refractivity contribution in [1.82, 2.24) is 10.5 Å². The number of benzene rings is 1. The number of imide groups is 1. The topological polar surface area (TPSA) is 134 Å². The minimum Gasteiger partial charge on any atom is -0.488 e. The smallest absolute Gasteiger partial charge is 0.342 e. The number of aryl methyl sites for hydroxylation is 2. The second kappa shape index (κ2) is 8.15. The van der Waals surface area contributed by atoms with Gasteiger partial charge in [-0.25, -0.2) is 9.59 Å².